The van der Waals surface area contributed by atoms with Gasteiger partial charge in [0, 0.05) is 6.54 Å². The van der Waals surface area contributed by atoms with Crippen LogP contribution in [-0.2, 0) is 4.74 Å². The van der Waals surface area contributed by atoms with Crippen LogP contribution in [0.1, 0.15) is 32.6 Å². The fourth-order valence-electron chi connectivity index (χ4n) is 2.05. The molecule has 1 rings (SSSR count). The standard InChI is InChI=1S/C11H20F3NO2/c1-8-2-4-10(7-15,5-3-8)17-6-9(16)11(12,13)14/h8-9,16H,2-7,15H2,1H3. The lowest BCUT2D eigenvalue weighted by Gasteiger charge is -2.39. The van der Waals surface area contributed by atoms with Crippen LogP contribution >= 0.6 is 0 Å². The first kappa shape index (κ1) is 14.7. The zero-order valence-corrected chi connectivity index (χ0v) is 9.96. The van der Waals surface area contributed by atoms with E-state index in [9.17, 15) is 13.2 Å². The van der Waals surface area contributed by atoms with Gasteiger partial charge in [-0.15, -0.1) is 0 Å². The van der Waals surface area contributed by atoms with Gasteiger partial charge in [0.2, 0.25) is 0 Å². The van der Waals surface area contributed by atoms with E-state index < -0.39 is 24.5 Å². The van der Waals surface area contributed by atoms with Gasteiger partial charge in [-0.2, -0.15) is 13.2 Å². The lowest BCUT2D eigenvalue weighted by Crippen LogP contribution is -2.46. The van der Waals surface area contributed by atoms with Gasteiger partial charge < -0.3 is 15.6 Å². The Morgan fingerprint density at radius 3 is 2.35 bits per heavy atom. The molecule has 102 valence electrons. The summed E-state index contributed by atoms with van der Waals surface area (Å²) < 4.78 is 41.7. The molecule has 1 saturated carbocycles. The highest BCUT2D eigenvalue weighted by Gasteiger charge is 2.41. The molecule has 1 fully saturated rings. The minimum Gasteiger partial charge on any atom is -0.382 e. The van der Waals surface area contributed by atoms with Crippen molar-refractivity contribution in [2.24, 2.45) is 11.7 Å². The van der Waals surface area contributed by atoms with Crippen molar-refractivity contribution in [1.82, 2.24) is 0 Å². The summed E-state index contributed by atoms with van der Waals surface area (Å²) in [5.74, 6) is 0.561. The van der Waals surface area contributed by atoms with Gasteiger partial charge in [0.15, 0.2) is 6.10 Å². The van der Waals surface area contributed by atoms with E-state index in [2.05, 4.69) is 6.92 Å². The number of alkyl halides is 3. The fourth-order valence-corrected chi connectivity index (χ4v) is 2.05. The van der Waals surface area contributed by atoms with E-state index in [1.807, 2.05) is 0 Å². The summed E-state index contributed by atoms with van der Waals surface area (Å²) in [6.45, 7) is 1.57. The quantitative estimate of drug-likeness (QED) is 0.806. The molecule has 17 heavy (non-hydrogen) atoms. The maximum absolute atomic E-state index is 12.1. The third-order valence-corrected chi connectivity index (χ3v) is 3.48. The van der Waals surface area contributed by atoms with Crippen LogP contribution in [-0.4, -0.2) is 36.1 Å². The summed E-state index contributed by atoms with van der Waals surface area (Å²) in [6.07, 6.45) is -3.92. The molecule has 0 radical (unpaired) electrons. The van der Waals surface area contributed by atoms with Gasteiger partial charge >= 0.3 is 6.18 Å². The van der Waals surface area contributed by atoms with Crippen molar-refractivity contribution in [3.63, 3.8) is 0 Å². The van der Waals surface area contributed by atoms with Crippen molar-refractivity contribution in [3.05, 3.63) is 0 Å². The molecule has 0 aromatic rings. The van der Waals surface area contributed by atoms with Crippen LogP contribution in [0.15, 0.2) is 0 Å². The van der Waals surface area contributed by atoms with E-state index in [1.54, 1.807) is 0 Å². The number of aliphatic hydroxyl groups is 1. The average Bonchev–Trinajstić information content (AvgIpc) is 2.27. The molecule has 0 aliphatic heterocycles. The molecule has 0 amide bonds. The number of rotatable bonds is 4. The van der Waals surface area contributed by atoms with Gasteiger partial charge in [-0.05, 0) is 31.6 Å². The Bertz CT molecular complexity index is 237. The fraction of sp³-hybridized carbons (Fsp3) is 1.00. The Hall–Kier alpha value is -0.330. The predicted octanol–water partition coefficient (Wildman–Crippen LogP) is 1.83. The second-order valence-corrected chi connectivity index (χ2v) is 4.94. The molecule has 0 bridgehead atoms. The molecule has 6 heteroatoms. The Kier molecular flexibility index (Phi) is 4.80. The Morgan fingerprint density at radius 2 is 1.94 bits per heavy atom. The zero-order valence-electron chi connectivity index (χ0n) is 9.96. The third kappa shape index (κ3) is 4.12. The minimum absolute atomic E-state index is 0.199. The third-order valence-electron chi connectivity index (χ3n) is 3.48. The van der Waals surface area contributed by atoms with E-state index in [0.29, 0.717) is 18.8 Å². The predicted molar refractivity (Wildman–Crippen MR) is 57.4 cm³/mol. The Labute approximate surface area is 99.1 Å². The Morgan fingerprint density at radius 1 is 1.41 bits per heavy atom. The molecule has 1 unspecified atom stereocenters. The van der Waals surface area contributed by atoms with Gasteiger partial charge in [0.25, 0.3) is 0 Å². The number of aliphatic hydroxyl groups excluding tert-OH is 1. The molecule has 0 heterocycles. The van der Waals surface area contributed by atoms with Crippen LogP contribution in [0.2, 0.25) is 0 Å². The zero-order chi connectivity index (χ0) is 13.1. The summed E-state index contributed by atoms with van der Waals surface area (Å²) in [6, 6.07) is 0. The van der Waals surface area contributed by atoms with Crippen LogP contribution < -0.4 is 5.73 Å². The highest BCUT2D eigenvalue weighted by molar-refractivity contribution is 4.88. The SMILES string of the molecule is CC1CCC(CN)(OCC(O)C(F)(F)F)CC1. The largest absolute Gasteiger partial charge is 0.416 e. The molecule has 1 aliphatic carbocycles. The van der Waals surface area contributed by atoms with Crippen LogP contribution in [0.3, 0.4) is 0 Å². The average molecular weight is 255 g/mol. The number of hydrogen-bond acceptors (Lipinski definition) is 3. The lowest BCUT2D eigenvalue weighted by molar-refractivity contribution is -0.230. The lowest BCUT2D eigenvalue weighted by atomic mass is 9.79. The molecule has 0 aromatic heterocycles. The summed E-state index contributed by atoms with van der Waals surface area (Å²) >= 11 is 0. The van der Waals surface area contributed by atoms with Crippen LogP contribution in [0.4, 0.5) is 13.2 Å². The van der Waals surface area contributed by atoms with Crippen molar-refractivity contribution < 1.29 is 23.0 Å². The molecule has 3 nitrogen and oxygen atoms in total. The number of halogens is 3. The maximum Gasteiger partial charge on any atom is 0.416 e. The molecule has 3 N–H and O–H groups in total. The van der Waals surface area contributed by atoms with Gasteiger partial charge in [-0.3, -0.25) is 0 Å². The minimum atomic E-state index is -4.63. The van der Waals surface area contributed by atoms with E-state index in [0.717, 1.165) is 12.8 Å². The first-order chi connectivity index (χ1) is 7.79. The van der Waals surface area contributed by atoms with Gasteiger partial charge in [0.1, 0.15) is 0 Å². The second-order valence-electron chi connectivity index (χ2n) is 4.94. The van der Waals surface area contributed by atoms with Crippen LogP contribution in [0.25, 0.3) is 0 Å². The molecule has 1 atom stereocenters. The molecule has 0 aromatic carbocycles. The molecular formula is C11H20F3NO2. The molecular weight excluding hydrogens is 235 g/mol. The van der Waals surface area contributed by atoms with Crippen molar-refractivity contribution in [2.75, 3.05) is 13.2 Å². The highest BCUT2D eigenvalue weighted by Crippen LogP contribution is 2.34. The van der Waals surface area contributed by atoms with Crippen molar-refractivity contribution in [3.8, 4) is 0 Å². The summed E-state index contributed by atoms with van der Waals surface area (Å²) in [7, 11) is 0. The van der Waals surface area contributed by atoms with Crippen molar-refractivity contribution >= 4 is 0 Å². The molecule has 1 aliphatic rings. The first-order valence-electron chi connectivity index (χ1n) is 5.88. The maximum atomic E-state index is 12.1. The van der Waals surface area contributed by atoms with E-state index >= 15 is 0 Å². The topological polar surface area (TPSA) is 55.5 Å². The van der Waals surface area contributed by atoms with Crippen LogP contribution in [0.5, 0.6) is 0 Å². The number of nitrogens with two attached hydrogens (primary N) is 1. The van der Waals surface area contributed by atoms with Gasteiger partial charge in [-0.1, -0.05) is 6.92 Å². The number of ether oxygens (including phenoxy) is 1. The second kappa shape index (κ2) is 5.54. The number of hydrogen-bond donors (Lipinski definition) is 2. The summed E-state index contributed by atoms with van der Waals surface area (Å²) in [5.41, 5.74) is 4.91. The van der Waals surface area contributed by atoms with Gasteiger partial charge in [0.05, 0.1) is 12.2 Å². The monoisotopic (exact) mass is 255 g/mol. The molecule has 0 spiro atoms. The van der Waals surface area contributed by atoms with E-state index in [1.165, 1.54) is 0 Å². The smallest absolute Gasteiger partial charge is 0.382 e. The van der Waals surface area contributed by atoms with Crippen molar-refractivity contribution in [2.45, 2.75) is 50.5 Å². The van der Waals surface area contributed by atoms with Gasteiger partial charge in [-0.25, -0.2) is 0 Å². The van der Waals surface area contributed by atoms with E-state index in [4.69, 9.17) is 15.6 Å². The van der Waals surface area contributed by atoms with Crippen LogP contribution in [0, 0.1) is 5.92 Å². The van der Waals surface area contributed by atoms with E-state index in [-0.39, 0.29) is 6.54 Å². The normalized spacial score (nSPS) is 32.5. The first-order valence-corrected chi connectivity index (χ1v) is 5.88. The summed E-state index contributed by atoms with van der Waals surface area (Å²) in [5, 5.41) is 8.89. The summed E-state index contributed by atoms with van der Waals surface area (Å²) in [4.78, 5) is 0. The molecule has 0 saturated heterocycles. The highest BCUT2D eigenvalue weighted by atomic mass is 19.4. The van der Waals surface area contributed by atoms with Crippen molar-refractivity contribution in [1.29, 1.82) is 0 Å². The Balaban J connectivity index is 2.47.